The maximum absolute atomic E-state index is 13.8. The summed E-state index contributed by atoms with van der Waals surface area (Å²) in [7, 11) is 0. The lowest BCUT2D eigenvalue weighted by molar-refractivity contribution is 0.0711. The number of halogens is 1. The highest BCUT2D eigenvalue weighted by molar-refractivity contribution is 6.35. The Labute approximate surface area is 226 Å². The summed E-state index contributed by atoms with van der Waals surface area (Å²) in [6.07, 6.45) is -0.788. The van der Waals surface area contributed by atoms with Gasteiger partial charge in [0.2, 0.25) is 0 Å². The zero-order valence-corrected chi connectivity index (χ0v) is 23.1. The zero-order valence-electron chi connectivity index (χ0n) is 22.4. The third-order valence-electron chi connectivity index (χ3n) is 5.95. The number of fused-ring (bicyclic) bond motifs is 1. The molecule has 11 heteroatoms. The molecule has 0 saturated carbocycles. The quantitative estimate of drug-likeness (QED) is 0.325. The van der Waals surface area contributed by atoms with Gasteiger partial charge in [-0.25, -0.2) is 14.6 Å². The van der Waals surface area contributed by atoms with Crippen molar-refractivity contribution in [2.75, 3.05) is 11.9 Å². The molecule has 204 valence electrons. The maximum Gasteiger partial charge on any atom is 0.408 e. The summed E-state index contributed by atoms with van der Waals surface area (Å²) in [6, 6.07) is 10.2. The van der Waals surface area contributed by atoms with E-state index in [-0.39, 0.29) is 22.8 Å². The van der Waals surface area contributed by atoms with E-state index in [1.54, 1.807) is 84.0 Å². The highest BCUT2D eigenvalue weighted by atomic mass is 35.5. The number of hydrogen-bond donors (Lipinski definition) is 4. The standard InChI is InChI=1S/C27H34ClN5O5/c1-16(33(25(36)37)26(2,3)4)22-31-20-12-8-11-19(28)21(20)23(34)32(22)18-10-7-9-17(15-18)30-24(35)29-14-13-27(5,6)38/h7-12,15-16,38H,13-14H2,1-6H3,(H,36,37)(H2,29,30,35). The Bertz CT molecular complexity index is 1410. The van der Waals surface area contributed by atoms with Gasteiger partial charge in [-0.15, -0.1) is 0 Å². The van der Waals surface area contributed by atoms with E-state index in [0.717, 1.165) is 0 Å². The van der Waals surface area contributed by atoms with Gasteiger partial charge in [0.25, 0.3) is 5.56 Å². The topological polar surface area (TPSA) is 137 Å². The second-order valence-corrected chi connectivity index (χ2v) is 11.1. The molecule has 38 heavy (non-hydrogen) atoms. The molecule has 0 aliphatic carbocycles. The lowest BCUT2D eigenvalue weighted by atomic mass is 10.0. The van der Waals surface area contributed by atoms with Crippen molar-refractivity contribution in [2.45, 2.75) is 65.1 Å². The number of aliphatic hydroxyl groups is 1. The summed E-state index contributed by atoms with van der Waals surface area (Å²) in [5, 5.41) is 25.7. The molecule has 10 nitrogen and oxygen atoms in total. The minimum atomic E-state index is -1.16. The van der Waals surface area contributed by atoms with Crippen molar-refractivity contribution in [3.8, 4) is 5.69 Å². The van der Waals surface area contributed by atoms with Crippen LogP contribution in [0.2, 0.25) is 5.02 Å². The van der Waals surface area contributed by atoms with Gasteiger partial charge in [0.15, 0.2) is 0 Å². The minimum absolute atomic E-state index is 0.200. The molecule has 1 unspecified atom stereocenters. The highest BCUT2D eigenvalue weighted by Gasteiger charge is 2.34. The van der Waals surface area contributed by atoms with E-state index in [4.69, 9.17) is 16.6 Å². The molecule has 0 aliphatic heterocycles. The van der Waals surface area contributed by atoms with Gasteiger partial charge in [-0.3, -0.25) is 14.3 Å². The van der Waals surface area contributed by atoms with E-state index in [9.17, 15) is 24.6 Å². The Morgan fingerprint density at radius 2 is 1.79 bits per heavy atom. The molecular weight excluding hydrogens is 510 g/mol. The molecule has 2 aromatic carbocycles. The van der Waals surface area contributed by atoms with Crippen LogP contribution in [0.1, 0.15) is 59.8 Å². The van der Waals surface area contributed by atoms with Gasteiger partial charge in [0.05, 0.1) is 33.3 Å². The Balaban J connectivity index is 2.12. The van der Waals surface area contributed by atoms with Crippen molar-refractivity contribution in [3.63, 3.8) is 0 Å². The van der Waals surface area contributed by atoms with Crippen LogP contribution in [0.25, 0.3) is 16.6 Å². The molecule has 0 saturated heterocycles. The van der Waals surface area contributed by atoms with Crippen LogP contribution in [0.15, 0.2) is 47.3 Å². The largest absolute Gasteiger partial charge is 0.465 e. The zero-order chi connectivity index (χ0) is 28.4. The second kappa shape index (κ2) is 11.0. The molecule has 3 aromatic rings. The third-order valence-corrected chi connectivity index (χ3v) is 6.26. The molecular formula is C27H34ClN5O5. The number of nitrogens with zero attached hydrogens (tertiary/aromatic N) is 3. The molecule has 3 rings (SSSR count). The number of carboxylic acid groups (broad SMARTS) is 1. The lowest BCUT2D eigenvalue weighted by Gasteiger charge is -2.38. The third kappa shape index (κ3) is 6.62. The number of nitrogens with one attached hydrogen (secondary N) is 2. The Hall–Kier alpha value is -3.63. The molecule has 0 radical (unpaired) electrons. The Morgan fingerprint density at radius 3 is 2.39 bits per heavy atom. The highest BCUT2D eigenvalue weighted by Crippen LogP contribution is 2.30. The number of hydrogen-bond acceptors (Lipinski definition) is 5. The van der Waals surface area contributed by atoms with Gasteiger partial charge in [-0.1, -0.05) is 23.7 Å². The fourth-order valence-electron chi connectivity index (χ4n) is 4.27. The summed E-state index contributed by atoms with van der Waals surface area (Å²) in [5.41, 5.74) is -1.04. The summed E-state index contributed by atoms with van der Waals surface area (Å²) in [4.78, 5) is 44.4. The van der Waals surface area contributed by atoms with Crippen molar-refractivity contribution >= 4 is 40.3 Å². The van der Waals surface area contributed by atoms with Crippen molar-refractivity contribution in [2.24, 2.45) is 0 Å². The fourth-order valence-corrected chi connectivity index (χ4v) is 4.52. The van der Waals surface area contributed by atoms with E-state index in [2.05, 4.69) is 10.6 Å². The minimum Gasteiger partial charge on any atom is -0.465 e. The smallest absolute Gasteiger partial charge is 0.408 e. The average molecular weight is 544 g/mol. The summed E-state index contributed by atoms with van der Waals surface area (Å²) in [6.45, 7) is 10.5. The predicted octanol–water partition coefficient (Wildman–Crippen LogP) is 5.16. The number of aromatic nitrogens is 2. The van der Waals surface area contributed by atoms with E-state index in [1.165, 1.54) is 9.47 Å². The summed E-state index contributed by atoms with van der Waals surface area (Å²) >= 11 is 6.38. The van der Waals surface area contributed by atoms with Gasteiger partial charge in [0, 0.05) is 17.8 Å². The van der Waals surface area contributed by atoms with Crippen LogP contribution >= 0.6 is 11.6 Å². The van der Waals surface area contributed by atoms with Gasteiger partial charge < -0.3 is 20.8 Å². The predicted molar refractivity (Wildman–Crippen MR) is 148 cm³/mol. The molecule has 1 atom stereocenters. The number of carbonyl (C=O) groups excluding carboxylic acids is 1. The first kappa shape index (κ1) is 28.9. The first-order valence-corrected chi connectivity index (χ1v) is 12.6. The first-order chi connectivity index (χ1) is 17.6. The van der Waals surface area contributed by atoms with Gasteiger partial charge in [-0.2, -0.15) is 0 Å². The van der Waals surface area contributed by atoms with E-state index in [1.807, 2.05) is 0 Å². The van der Waals surface area contributed by atoms with Gasteiger partial charge in [-0.05, 0) is 78.3 Å². The molecule has 1 aromatic heterocycles. The summed E-state index contributed by atoms with van der Waals surface area (Å²) < 4.78 is 1.33. The number of benzene rings is 2. The Morgan fingerprint density at radius 1 is 1.13 bits per heavy atom. The maximum atomic E-state index is 13.8. The van der Waals surface area contributed by atoms with Crippen molar-refractivity contribution < 1.29 is 19.8 Å². The van der Waals surface area contributed by atoms with Gasteiger partial charge in [0.1, 0.15) is 5.82 Å². The SMILES string of the molecule is CC(c1nc2cccc(Cl)c2c(=O)n1-c1cccc(NC(=O)NCCC(C)(C)O)c1)N(C(=O)O)C(C)(C)C. The van der Waals surface area contributed by atoms with Crippen LogP contribution < -0.4 is 16.2 Å². The molecule has 1 heterocycles. The van der Waals surface area contributed by atoms with Crippen molar-refractivity contribution in [3.05, 3.63) is 63.7 Å². The molecule has 3 amide bonds. The number of amides is 3. The number of urea groups is 1. The van der Waals surface area contributed by atoms with Crippen LogP contribution in [0.5, 0.6) is 0 Å². The molecule has 0 aliphatic rings. The second-order valence-electron chi connectivity index (χ2n) is 10.7. The summed E-state index contributed by atoms with van der Waals surface area (Å²) in [5.74, 6) is 0.203. The van der Waals surface area contributed by atoms with E-state index < -0.39 is 34.9 Å². The number of anilines is 1. The average Bonchev–Trinajstić information content (AvgIpc) is 2.76. The lowest BCUT2D eigenvalue weighted by Crippen LogP contribution is -2.47. The van der Waals surface area contributed by atoms with E-state index in [0.29, 0.717) is 23.3 Å². The van der Waals surface area contributed by atoms with Crippen LogP contribution in [-0.2, 0) is 0 Å². The van der Waals surface area contributed by atoms with Crippen LogP contribution in [0.3, 0.4) is 0 Å². The van der Waals surface area contributed by atoms with Gasteiger partial charge >= 0.3 is 12.1 Å². The number of rotatable bonds is 7. The van der Waals surface area contributed by atoms with Crippen LogP contribution in [0.4, 0.5) is 15.3 Å². The normalized spacial score (nSPS) is 12.7. The molecule has 0 bridgehead atoms. The monoisotopic (exact) mass is 543 g/mol. The molecule has 4 N–H and O–H groups in total. The van der Waals surface area contributed by atoms with Crippen molar-refractivity contribution in [1.82, 2.24) is 19.8 Å². The molecule has 0 fully saturated rings. The first-order valence-electron chi connectivity index (χ1n) is 12.2. The van der Waals surface area contributed by atoms with E-state index >= 15 is 0 Å². The van der Waals surface area contributed by atoms with Crippen LogP contribution in [-0.4, -0.2) is 54.5 Å². The van der Waals surface area contributed by atoms with Crippen molar-refractivity contribution in [1.29, 1.82) is 0 Å². The Kier molecular flexibility index (Phi) is 8.38. The molecule has 0 spiro atoms. The van der Waals surface area contributed by atoms with Crippen LogP contribution in [0, 0.1) is 0 Å². The number of carbonyl (C=O) groups is 2. The fraction of sp³-hybridized carbons (Fsp3) is 0.407.